The molecule has 124 valence electrons. The molecule has 0 fully saturated rings. The van der Waals surface area contributed by atoms with Crippen LogP contribution in [0.2, 0.25) is 0 Å². The van der Waals surface area contributed by atoms with Gasteiger partial charge in [0.2, 0.25) is 5.91 Å². The molecule has 24 heavy (non-hydrogen) atoms. The number of hydrogen-bond donors (Lipinski definition) is 2. The summed E-state index contributed by atoms with van der Waals surface area (Å²) in [6, 6.07) is 15.8. The van der Waals surface area contributed by atoms with E-state index < -0.39 is 0 Å². The molecule has 4 heteroatoms. The van der Waals surface area contributed by atoms with Crippen LogP contribution in [-0.2, 0) is 11.2 Å². The third-order valence-electron chi connectivity index (χ3n) is 4.34. The van der Waals surface area contributed by atoms with Crippen molar-refractivity contribution < 1.29 is 9.53 Å². The molecule has 3 aromatic rings. The van der Waals surface area contributed by atoms with E-state index in [1.54, 1.807) is 7.11 Å². The molecule has 0 aliphatic rings. The normalized spacial score (nSPS) is 12.1. The Kier molecular flexibility index (Phi) is 4.56. The number of nitrogens with one attached hydrogen (secondary N) is 2. The van der Waals surface area contributed by atoms with Gasteiger partial charge in [-0.25, -0.2) is 0 Å². The average Bonchev–Trinajstić information content (AvgIpc) is 2.90. The third-order valence-corrected chi connectivity index (χ3v) is 4.34. The summed E-state index contributed by atoms with van der Waals surface area (Å²) in [7, 11) is 1.65. The second-order valence-corrected chi connectivity index (χ2v) is 6.02. The van der Waals surface area contributed by atoms with E-state index >= 15 is 0 Å². The number of aryl methyl sites for hydroxylation is 1. The van der Waals surface area contributed by atoms with E-state index in [0.717, 1.165) is 33.5 Å². The summed E-state index contributed by atoms with van der Waals surface area (Å²) < 4.78 is 5.30. The number of hydrogen-bond acceptors (Lipinski definition) is 2. The van der Waals surface area contributed by atoms with Crippen LogP contribution in [0.3, 0.4) is 0 Å². The van der Waals surface area contributed by atoms with Gasteiger partial charge in [-0.2, -0.15) is 0 Å². The van der Waals surface area contributed by atoms with Crippen molar-refractivity contribution in [3.8, 4) is 5.75 Å². The van der Waals surface area contributed by atoms with E-state index in [-0.39, 0.29) is 11.9 Å². The maximum absolute atomic E-state index is 12.5. The minimum absolute atomic E-state index is 0.0122. The Balaban J connectivity index is 1.79. The number of fused-ring (bicyclic) bond motifs is 1. The molecule has 2 N–H and O–H groups in total. The van der Waals surface area contributed by atoms with Gasteiger partial charge < -0.3 is 15.0 Å². The van der Waals surface area contributed by atoms with E-state index in [1.165, 1.54) is 0 Å². The monoisotopic (exact) mass is 322 g/mol. The van der Waals surface area contributed by atoms with Crippen LogP contribution in [0.25, 0.3) is 10.9 Å². The van der Waals surface area contributed by atoms with Crippen LogP contribution in [-0.4, -0.2) is 18.0 Å². The van der Waals surface area contributed by atoms with E-state index in [1.807, 2.05) is 62.4 Å². The number of aromatic nitrogens is 1. The van der Waals surface area contributed by atoms with E-state index in [2.05, 4.69) is 10.3 Å². The van der Waals surface area contributed by atoms with Crippen LogP contribution >= 0.6 is 0 Å². The lowest BCUT2D eigenvalue weighted by Crippen LogP contribution is -2.28. The van der Waals surface area contributed by atoms with Crippen LogP contribution in [0.4, 0.5) is 0 Å². The number of carbonyl (C=O) groups is 1. The van der Waals surface area contributed by atoms with Crippen molar-refractivity contribution in [2.75, 3.05) is 7.11 Å². The number of benzene rings is 2. The number of methoxy groups -OCH3 is 1. The Hall–Kier alpha value is -2.75. The fourth-order valence-corrected chi connectivity index (χ4v) is 2.99. The first-order valence-electron chi connectivity index (χ1n) is 8.08. The molecule has 0 spiro atoms. The molecule has 0 bridgehead atoms. The Labute approximate surface area is 141 Å². The topological polar surface area (TPSA) is 54.1 Å². The van der Waals surface area contributed by atoms with Gasteiger partial charge in [0.1, 0.15) is 5.75 Å². The van der Waals surface area contributed by atoms with Crippen molar-refractivity contribution in [3.05, 3.63) is 65.4 Å². The predicted molar refractivity (Wildman–Crippen MR) is 96.3 cm³/mol. The minimum Gasteiger partial charge on any atom is -0.497 e. The number of aromatic amines is 1. The highest BCUT2D eigenvalue weighted by molar-refractivity contribution is 5.91. The maximum Gasteiger partial charge on any atom is 0.224 e. The molecule has 1 heterocycles. The van der Waals surface area contributed by atoms with Crippen molar-refractivity contribution in [2.45, 2.75) is 26.3 Å². The van der Waals surface area contributed by atoms with Gasteiger partial charge in [0, 0.05) is 16.6 Å². The lowest BCUT2D eigenvalue weighted by atomic mass is 10.1. The Morgan fingerprint density at radius 3 is 2.67 bits per heavy atom. The first-order valence-corrected chi connectivity index (χ1v) is 8.08. The number of carbonyl (C=O) groups excluding carboxylic acids is 1. The first kappa shape index (κ1) is 16.1. The molecule has 1 aromatic heterocycles. The molecule has 3 rings (SSSR count). The van der Waals surface area contributed by atoms with Gasteiger partial charge in [0.05, 0.1) is 19.6 Å². The SMILES string of the molecule is COc1ccc2[nH]c(C)c(CC(=O)NC(C)c3ccccc3)c2c1. The van der Waals surface area contributed by atoms with E-state index in [4.69, 9.17) is 4.74 Å². The van der Waals surface area contributed by atoms with Crippen LogP contribution in [0.15, 0.2) is 48.5 Å². The smallest absolute Gasteiger partial charge is 0.224 e. The van der Waals surface area contributed by atoms with Crippen molar-refractivity contribution in [1.82, 2.24) is 10.3 Å². The molecule has 0 aliphatic heterocycles. The van der Waals surface area contributed by atoms with E-state index in [0.29, 0.717) is 6.42 Å². The van der Waals surface area contributed by atoms with Gasteiger partial charge in [-0.1, -0.05) is 30.3 Å². The molecular weight excluding hydrogens is 300 g/mol. The summed E-state index contributed by atoms with van der Waals surface area (Å²) in [6.07, 6.45) is 0.343. The predicted octanol–water partition coefficient (Wildman–Crippen LogP) is 3.90. The number of amides is 1. The highest BCUT2D eigenvalue weighted by Gasteiger charge is 2.15. The Bertz CT molecular complexity index is 853. The summed E-state index contributed by atoms with van der Waals surface area (Å²) in [5, 5.41) is 4.11. The molecule has 0 aliphatic carbocycles. The van der Waals surface area contributed by atoms with Gasteiger partial charge in [0.25, 0.3) is 0 Å². The van der Waals surface area contributed by atoms with Crippen molar-refractivity contribution in [1.29, 1.82) is 0 Å². The molecule has 1 amide bonds. The average molecular weight is 322 g/mol. The highest BCUT2D eigenvalue weighted by atomic mass is 16.5. The summed E-state index contributed by atoms with van der Waals surface area (Å²) in [4.78, 5) is 15.8. The van der Waals surface area contributed by atoms with Gasteiger partial charge in [-0.15, -0.1) is 0 Å². The van der Waals surface area contributed by atoms with Crippen molar-refractivity contribution >= 4 is 16.8 Å². The second kappa shape index (κ2) is 6.79. The lowest BCUT2D eigenvalue weighted by Gasteiger charge is -2.14. The molecular formula is C20H22N2O2. The molecule has 1 unspecified atom stereocenters. The fraction of sp³-hybridized carbons (Fsp3) is 0.250. The number of H-pyrrole nitrogens is 1. The zero-order chi connectivity index (χ0) is 17.1. The second-order valence-electron chi connectivity index (χ2n) is 6.02. The van der Waals surface area contributed by atoms with E-state index in [9.17, 15) is 4.79 Å². The summed E-state index contributed by atoms with van der Waals surface area (Å²) in [5.74, 6) is 0.805. The van der Waals surface area contributed by atoms with Crippen molar-refractivity contribution in [2.24, 2.45) is 0 Å². The quantitative estimate of drug-likeness (QED) is 0.748. The largest absolute Gasteiger partial charge is 0.497 e. The third kappa shape index (κ3) is 3.27. The number of ether oxygens (including phenoxy) is 1. The fourth-order valence-electron chi connectivity index (χ4n) is 2.99. The van der Waals surface area contributed by atoms with Gasteiger partial charge in [-0.3, -0.25) is 4.79 Å². The highest BCUT2D eigenvalue weighted by Crippen LogP contribution is 2.27. The maximum atomic E-state index is 12.5. The van der Waals surface area contributed by atoms with Crippen LogP contribution in [0, 0.1) is 6.92 Å². The number of rotatable bonds is 5. The zero-order valence-electron chi connectivity index (χ0n) is 14.2. The van der Waals surface area contributed by atoms with Gasteiger partial charge in [0.15, 0.2) is 0 Å². The van der Waals surface area contributed by atoms with Crippen molar-refractivity contribution in [3.63, 3.8) is 0 Å². The molecule has 0 radical (unpaired) electrons. The minimum atomic E-state index is -0.0150. The summed E-state index contributed by atoms with van der Waals surface area (Å²) in [5.41, 5.74) is 4.15. The molecule has 1 atom stereocenters. The molecule has 2 aromatic carbocycles. The van der Waals surface area contributed by atoms with Crippen LogP contribution in [0.5, 0.6) is 5.75 Å². The standard InChI is InChI=1S/C20H22N2O2/c1-13(15-7-5-4-6-8-15)22-20(23)12-17-14(2)21-19-10-9-16(24-3)11-18(17)19/h4-11,13,21H,12H2,1-3H3,(H,22,23). The molecule has 0 saturated heterocycles. The molecule has 0 saturated carbocycles. The summed E-state index contributed by atoms with van der Waals surface area (Å²) in [6.45, 7) is 3.99. The Morgan fingerprint density at radius 2 is 1.96 bits per heavy atom. The van der Waals surface area contributed by atoms with Gasteiger partial charge >= 0.3 is 0 Å². The molecule has 4 nitrogen and oxygen atoms in total. The van der Waals surface area contributed by atoms with Crippen LogP contribution < -0.4 is 10.1 Å². The van der Waals surface area contributed by atoms with Crippen LogP contribution in [0.1, 0.15) is 29.8 Å². The van der Waals surface area contributed by atoms with Gasteiger partial charge in [-0.05, 0) is 43.2 Å². The summed E-state index contributed by atoms with van der Waals surface area (Å²) >= 11 is 0. The Morgan fingerprint density at radius 1 is 1.21 bits per heavy atom. The first-order chi connectivity index (χ1) is 11.6. The zero-order valence-corrected chi connectivity index (χ0v) is 14.2. The lowest BCUT2D eigenvalue weighted by molar-refractivity contribution is -0.121.